The standard InChI is InChI=1S/C18H27NO2/c1-13(2)14-10-16-17(21-9-8-20-16)11-15(14)18(12-19)6-4-3-5-7-18/h10-11,13H,3-9,12,19H2,1-2H3. The van der Waals surface area contributed by atoms with E-state index in [2.05, 4.69) is 26.0 Å². The summed E-state index contributed by atoms with van der Waals surface area (Å²) in [6.07, 6.45) is 6.29. The van der Waals surface area contributed by atoms with Crippen LogP contribution in [-0.4, -0.2) is 19.8 Å². The van der Waals surface area contributed by atoms with Crippen molar-refractivity contribution in [2.45, 2.75) is 57.3 Å². The van der Waals surface area contributed by atoms with E-state index < -0.39 is 0 Å². The Morgan fingerprint density at radius 1 is 1.05 bits per heavy atom. The van der Waals surface area contributed by atoms with Gasteiger partial charge in [-0.15, -0.1) is 0 Å². The highest BCUT2D eigenvalue weighted by atomic mass is 16.6. The van der Waals surface area contributed by atoms with Crippen molar-refractivity contribution in [1.29, 1.82) is 0 Å². The van der Waals surface area contributed by atoms with Crippen molar-refractivity contribution < 1.29 is 9.47 Å². The Morgan fingerprint density at radius 3 is 2.24 bits per heavy atom. The molecule has 1 heterocycles. The molecule has 2 N–H and O–H groups in total. The first-order chi connectivity index (χ1) is 10.2. The number of hydrogen-bond acceptors (Lipinski definition) is 3. The second-order valence-electron chi connectivity index (χ2n) is 6.78. The van der Waals surface area contributed by atoms with Crippen LogP contribution in [0.4, 0.5) is 0 Å². The van der Waals surface area contributed by atoms with E-state index >= 15 is 0 Å². The molecule has 0 saturated heterocycles. The molecular formula is C18H27NO2. The van der Waals surface area contributed by atoms with Crippen LogP contribution in [0.2, 0.25) is 0 Å². The van der Waals surface area contributed by atoms with E-state index in [1.165, 1.54) is 43.2 Å². The van der Waals surface area contributed by atoms with Crippen molar-refractivity contribution in [2.75, 3.05) is 19.8 Å². The Morgan fingerprint density at radius 2 is 1.67 bits per heavy atom. The van der Waals surface area contributed by atoms with Gasteiger partial charge in [0.2, 0.25) is 0 Å². The molecule has 0 aromatic heterocycles. The molecule has 1 aromatic rings. The first-order valence-electron chi connectivity index (χ1n) is 8.30. The molecule has 2 aliphatic rings. The summed E-state index contributed by atoms with van der Waals surface area (Å²) in [7, 11) is 0. The lowest BCUT2D eigenvalue weighted by Gasteiger charge is -2.39. The van der Waals surface area contributed by atoms with Gasteiger partial charge in [-0.2, -0.15) is 0 Å². The molecule has 0 amide bonds. The third-order valence-corrected chi connectivity index (χ3v) is 5.11. The van der Waals surface area contributed by atoms with Crippen molar-refractivity contribution in [3.05, 3.63) is 23.3 Å². The molecule has 1 aliphatic heterocycles. The topological polar surface area (TPSA) is 44.5 Å². The van der Waals surface area contributed by atoms with Crippen LogP contribution in [0.5, 0.6) is 11.5 Å². The zero-order valence-electron chi connectivity index (χ0n) is 13.3. The van der Waals surface area contributed by atoms with E-state index in [-0.39, 0.29) is 5.41 Å². The Balaban J connectivity index is 2.10. The third kappa shape index (κ3) is 2.64. The van der Waals surface area contributed by atoms with Crippen molar-refractivity contribution in [1.82, 2.24) is 0 Å². The highest BCUT2D eigenvalue weighted by molar-refractivity contribution is 5.52. The summed E-state index contributed by atoms with van der Waals surface area (Å²) in [6, 6.07) is 4.42. The van der Waals surface area contributed by atoms with Crippen LogP contribution in [-0.2, 0) is 5.41 Å². The van der Waals surface area contributed by atoms with Crippen molar-refractivity contribution >= 4 is 0 Å². The summed E-state index contributed by atoms with van der Waals surface area (Å²) in [5.74, 6) is 2.27. The second kappa shape index (κ2) is 5.88. The van der Waals surface area contributed by atoms with Crippen LogP contribution in [0.1, 0.15) is 63.0 Å². The van der Waals surface area contributed by atoms with Gasteiger partial charge < -0.3 is 15.2 Å². The van der Waals surface area contributed by atoms with Crippen molar-refractivity contribution in [3.63, 3.8) is 0 Å². The van der Waals surface area contributed by atoms with E-state index in [9.17, 15) is 0 Å². The second-order valence-corrected chi connectivity index (χ2v) is 6.78. The maximum atomic E-state index is 6.24. The van der Waals surface area contributed by atoms with Gasteiger partial charge in [0.15, 0.2) is 11.5 Å². The lowest BCUT2D eigenvalue weighted by atomic mass is 9.67. The normalized spacial score (nSPS) is 20.6. The van der Waals surface area contributed by atoms with Gasteiger partial charge >= 0.3 is 0 Å². The predicted octanol–water partition coefficient (Wildman–Crippen LogP) is 3.74. The van der Waals surface area contributed by atoms with Crippen LogP contribution in [0, 0.1) is 0 Å². The van der Waals surface area contributed by atoms with E-state index in [0.29, 0.717) is 19.1 Å². The lowest BCUT2D eigenvalue weighted by Crippen LogP contribution is -2.38. The minimum absolute atomic E-state index is 0.133. The van der Waals surface area contributed by atoms with E-state index in [1.807, 2.05) is 0 Å². The van der Waals surface area contributed by atoms with Crippen LogP contribution in [0.25, 0.3) is 0 Å². The Bertz CT molecular complexity index is 504. The van der Waals surface area contributed by atoms with Crippen LogP contribution in [0.15, 0.2) is 12.1 Å². The lowest BCUT2D eigenvalue weighted by molar-refractivity contribution is 0.170. The number of ether oxygens (including phenoxy) is 2. The van der Waals surface area contributed by atoms with Gasteiger partial charge in [0, 0.05) is 12.0 Å². The fourth-order valence-corrected chi connectivity index (χ4v) is 3.85. The molecule has 1 saturated carbocycles. The molecule has 0 bridgehead atoms. The van der Waals surface area contributed by atoms with Gasteiger partial charge in [0.1, 0.15) is 13.2 Å². The highest BCUT2D eigenvalue weighted by Gasteiger charge is 2.36. The quantitative estimate of drug-likeness (QED) is 0.922. The largest absolute Gasteiger partial charge is 0.486 e. The number of hydrogen-bond donors (Lipinski definition) is 1. The molecule has 3 heteroatoms. The summed E-state index contributed by atoms with van der Waals surface area (Å²) in [5.41, 5.74) is 9.16. The molecule has 1 aliphatic carbocycles. The number of benzene rings is 1. The molecule has 1 fully saturated rings. The fraction of sp³-hybridized carbons (Fsp3) is 0.667. The van der Waals surface area contributed by atoms with E-state index in [0.717, 1.165) is 18.0 Å². The van der Waals surface area contributed by atoms with Crippen molar-refractivity contribution in [2.24, 2.45) is 5.73 Å². The van der Waals surface area contributed by atoms with Crippen LogP contribution < -0.4 is 15.2 Å². The predicted molar refractivity (Wildman–Crippen MR) is 85.3 cm³/mol. The SMILES string of the molecule is CC(C)c1cc2c(cc1C1(CN)CCCCC1)OCCO2. The summed E-state index contributed by atoms with van der Waals surface area (Å²) in [4.78, 5) is 0. The zero-order valence-corrected chi connectivity index (χ0v) is 13.3. The number of nitrogens with two attached hydrogens (primary N) is 1. The summed E-state index contributed by atoms with van der Waals surface area (Å²) in [5, 5.41) is 0. The molecule has 3 nitrogen and oxygen atoms in total. The summed E-state index contributed by atoms with van der Waals surface area (Å²) < 4.78 is 11.6. The summed E-state index contributed by atoms with van der Waals surface area (Å²) in [6.45, 7) is 6.52. The third-order valence-electron chi connectivity index (χ3n) is 5.11. The molecule has 21 heavy (non-hydrogen) atoms. The maximum absolute atomic E-state index is 6.24. The minimum atomic E-state index is 0.133. The zero-order chi connectivity index (χ0) is 14.9. The van der Waals surface area contributed by atoms with Crippen LogP contribution >= 0.6 is 0 Å². The molecule has 1 aromatic carbocycles. The summed E-state index contributed by atoms with van der Waals surface area (Å²) >= 11 is 0. The molecule has 3 rings (SSSR count). The van der Waals surface area contributed by atoms with Gasteiger partial charge in [-0.25, -0.2) is 0 Å². The highest BCUT2D eigenvalue weighted by Crippen LogP contribution is 2.46. The molecule has 0 radical (unpaired) electrons. The van der Waals surface area contributed by atoms with E-state index in [4.69, 9.17) is 15.2 Å². The minimum Gasteiger partial charge on any atom is -0.486 e. The monoisotopic (exact) mass is 289 g/mol. The first-order valence-corrected chi connectivity index (χ1v) is 8.30. The van der Waals surface area contributed by atoms with Crippen LogP contribution in [0.3, 0.4) is 0 Å². The molecule has 116 valence electrons. The Kier molecular flexibility index (Phi) is 4.12. The van der Waals surface area contributed by atoms with Gasteiger partial charge in [-0.05, 0) is 42.0 Å². The first kappa shape index (κ1) is 14.7. The molecule has 0 unspecified atom stereocenters. The molecule has 0 atom stereocenters. The Hall–Kier alpha value is -1.22. The fourth-order valence-electron chi connectivity index (χ4n) is 3.85. The smallest absolute Gasteiger partial charge is 0.161 e. The average molecular weight is 289 g/mol. The van der Waals surface area contributed by atoms with Crippen molar-refractivity contribution in [3.8, 4) is 11.5 Å². The maximum Gasteiger partial charge on any atom is 0.161 e. The van der Waals surface area contributed by atoms with Gasteiger partial charge in [-0.1, -0.05) is 33.1 Å². The van der Waals surface area contributed by atoms with E-state index in [1.54, 1.807) is 0 Å². The number of fused-ring (bicyclic) bond motifs is 1. The molecule has 0 spiro atoms. The van der Waals surface area contributed by atoms with Gasteiger partial charge in [-0.3, -0.25) is 0 Å². The Labute approximate surface area is 127 Å². The number of rotatable bonds is 3. The van der Waals surface area contributed by atoms with Gasteiger partial charge in [0.25, 0.3) is 0 Å². The molecular weight excluding hydrogens is 262 g/mol. The van der Waals surface area contributed by atoms with Gasteiger partial charge in [0.05, 0.1) is 0 Å². The average Bonchev–Trinajstić information content (AvgIpc) is 2.54.